The van der Waals surface area contributed by atoms with Crippen LogP contribution in [0.4, 0.5) is 5.13 Å². The lowest BCUT2D eigenvalue weighted by molar-refractivity contribution is 0.819. The summed E-state index contributed by atoms with van der Waals surface area (Å²) in [6, 6.07) is 6.23. The van der Waals surface area contributed by atoms with Gasteiger partial charge in [-0.05, 0) is 24.7 Å². The second-order valence-electron chi connectivity index (χ2n) is 2.88. The van der Waals surface area contributed by atoms with Gasteiger partial charge in [-0.2, -0.15) is 0 Å². The van der Waals surface area contributed by atoms with E-state index in [9.17, 15) is 0 Å². The molecule has 0 amide bonds. The molecule has 68 valence electrons. The average molecular weight is 193 g/mol. The van der Waals surface area contributed by atoms with Crippen LogP contribution < -0.4 is 11.1 Å². The molecule has 0 saturated heterocycles. The highest BCUT2D eigenvalue weighted by Gasteiger charge is 2.00. The van der Waals surface area contributed by atoms with Gasteiger partial charge < -0.3 is 11.1 Å². The van der Waals surface area contributed by atoms with E-state index in [0.717, 1.165) is 16.8 Å². The minimum atomic E-state index is 0.636. The molecule has 0 aliphatic heterocycles. The quantitative estimate of drug-likeness (QED) is 0.761. The fourth-order valence-electron chi connectivity index (χ4n) is 1.30. The van der Waals surface area contributed by atoms with Gasteiger partial charge in [0.25, 0.3) is 0 Å². The normalized spacial score (nSPS) is 10.8. The van der Waals surface area contributed by atoms with Gasteiger partial charge in [0.1, 0.15) is 0 Å². The summed E-state index contributed by atoms with van der Waals surface area (Å²) in [7, 11) is 1.93. The van der Waals surface area contributed by atoms with Gasteiger partial charge in [-0.25, -0.2) is 4.98 Å². The summed E-state index contributed by atoms with van der Waals surface area (Å²) in [6.45, 7) is 0.868. The molecular formula is C9H11N3S. The van der Waals surface area contributed by atoms with E-state index in [-0.39, 0.29) is 0 Å². The van der Waals surface area contributed by atoms with Crippen molar-refractivity contribution in [2.75, 3.05) is 12.8 Å². The maximum atomic E-state index is 5.61. The molecule has 0 atom stereocenters. The SMILES string of the molecule is CNCc1ccc2sc(N)nc2c1. The van der Waals surface area contributed by atoms with Crippen LogP contribution in [0.5, 0.6) is 0 Å². The Labute approximate surface area is 80.6 Å². The number of benzene rings is 1. The fourth-order valence-corrected chi connectivity index (χ4v) is 2.02. The lowest BCUT2D eigenvalue weighted by Crippen LogP contribution is -2.04. The highest BCUT2D eigenvalue weighted by molar-refractivity contribution is 7.22. The van der Waals surface area contributed by atoms with Gasteiger partial charge in [-0.15, -0.1) is 0 Å². The number of hydrogen-bond donors (Lipinski definition) is 2. The summed E-state index contributed by atoms with van der Waals surface area (Å²) in [4.78, 5) is 4.22. The number of nitrogens with one attached hydrogen (secondary N) is 1. The van der Waals surface area contributed by atoms with Crippen LogP contribution in [-0.4, -0.2) is 12.0 Å². The van der Waals surface area contributed by atoms with Crippen molar-refractivity contribution in [1.29, 1.82) is 0 Å². The van der Waals surface area contributed by atoms with Crippen molar-refractivity contribution in [1.82, 2.24) is 10.3 Å². The Balaban J connectivity index is 2.48. The largest absolute Gasteiger partial charge is 0.375 e. The molecule has 1 aromatic heterocycles. The molecule has 13 heavy (non-hydrogen) atoms. The lowest BCUT2D eigenvalue weighted by atomic mass is 10.2. The van der Waals surface area contributed by atoms with E-state index in [4.69, 9.17) is 5.73 Å². The molecular weight excluding hydrogens is 182 g/mol. The van der Waals surface area contributed by atoms with Gasteiger partial charge >= 0.3 is 0 Å². The van der Waals surface area contributed by atoms with E-state index in [1.54, 1.807) is 0 Å². The molecule has 0 aliphatic carbocycles. The Bertz CT molecular complexity index is 422. The van der Waals surface area contributed by atoms with Crippen molar-refractivity contribution in [2.24, 2.45) is 0 Å². The van der Waals surface area contributed by atoms with Crippen LogP contribution in [0.25, 0.3) is 10.2 Å². The van der Waals surface area contributed by atoms with Gasteiger partial charge in [0, 0.05) is 6.54 Å². The van der Waals surface area contributed by atoms with Crippen LogP contribution in [0.2, 0.25) is 0 Å². The minimum Gasteiger partial charge on any atom is -0.375 e. The van der Waals surface area contributed by atoms with E-state index in [1.165, 1.54) is 16.9 Å². The van der Waals surface area contributed by atoms with E-state index >= 15 is 0 Å². The summed E-state index contributed by atoms with van der Waals surface area (Å²) in [5.74, 6) is 0. The Hall–Kier alpha value is -1.13. The zero-order valence-electron chi connectivity index (χ0n) is 7.37. The first kappa shape index (κ1) is 8.47. The van der Waals surface area contributed by atoms with Gasteiger partial charge in [-0.1, -0.05) is 17.4 Å². The number of thiazole rings is 1. The second-order valence-corrected chi connectivity index (χ2v) is 3.95. The molecule has 0 saturated carbocycles. The predicted octanol–water partition coefficient (Wildman–Crippen LogP) is 1.60. The minimum absolute atomic E-state index is 0.636. The van der Waals surface area contributed by atoms with Crippen LogP contribution in [-0.2, 0) is 6.54 Å². The number of hydrogen-bond acceptors (Lipinski definition) is 4. The molecule has 3 nitrogen and oxygen atoms in total. The van der Waals surface area contributed by atoms with E-state index in [0.29, 0.717) is 5.13 Å². The topological polar surface area (TPSA) is 50.9 Å². The van der Waals surface area contributed by atoms with Crippen molar-refractivity contribution in [3.63, 3.8) is 0 Å². The van der Waals surface area contributed by atoms with E-state index < -0.39 is 0 Å². The Morgan fingerprint density at radius 1 is 1.54 bits per heavy atom. The summed E-state index contributed by atoms with van der Waals surface area (Å²) >= 11 is 1.53. The van der Waals surface area contributed by atoms with Crippen LogP contribution >= 0.6 is 11.3 Å². The van der Waals surface area contributed by atoms with Crippen LogP contribution in [0.15, 0.2) is 18.2 Å². The summed E-state index contributed by atoms with van der Waals surface area (Å²) in [6.07, 6.45) is 0. The molecule has 0 aliphatic rings. The Morgan fingerprint density at radius 3 is 3.15 bits per heavy atom. The first-order chi connectivity index (χ1) is 6.29. The number of nitrogens with two attached hydrogens (primary N) is 1. The van der Waals surface area contributed by atoms with Crippen molar-refractivity contribution in [2.45, 2.75) is 6.54 Å². The number of aromatic nitrogens is 1. The lowest BCUT2D eigenvalue weighted by Gasteiger charge is -1.97. The number of nitrogen functional groups attached to an aromatic ring is 1. The molecule has 0 spiro atoms. The maximum Gasteiger partial charge on any atom is 0.181 e. The van der Waals surface area contributed by atoms with Crippen LogP contribution in [0.3, 0.4) is 0 Å². The zero-order valence-corrected chi connectivity index (χ0v) is 8.19. The first-order valence-corrected chi connectivity index (χ1v) is 4.91. The van der Waals surface area contributed by atoms with Crippen molar-refractivity contribution < 1.29 is 0 Å². The number of anilines is 1. The van der Waals surface area contributed by atoms with Gasteiger partial charge in [0.15, 0.2) is 5.13 Å². The molecule has 1 heterocycles. The van der Waals surface area contributed by atoms with E-state index in [1.807, 2.05) is 7.05 Å². The number of nitrogens with zero attached hydrogens (tertiary/aromatic N) is 1. The van der Waals surface area contributed by atoms with Crippen molar-refractivity contribution in [3.05, 3.63) is 23.8 Å². The Morgan fingerprint density at radius 2 is 2.38 bits per heavy atom. The van der Waals surface area contributed by atoms with Crippen LogP contribution in [0, 0.1) is 0 Å². The zero-order chi connectivity index (χ0) is 9.26. The van der Waals surface area contributed by atoms with Crippen LogP contribution in [0.1, 0.15) is 5.56 Å². The third kappa shape index (κ3) is 1.64. The molecule has 3 N–H and O–H groups in total. The summed E-state index contributed by atoms with van der Waals surface area (Å²) in [5.41, 5.74) is 7.84. The van der Waals surface area contributed by atoms with E-state index in [2.05, 4.69) is 28.5 Å². The molecule has 0 fully saturated rings. The fraction of sp³-hybridized carbons (Fsp3) is 0.222. The van der Waals surface area contributed by atoms with Gasteiger partial charge in [0.2, 0.25) is 0 Å². The summed E-state index contributed by atoms with van der Waals surface area (Å²) in [5, 5.41) is 3.74. The van der Waals surface area contributed by atoms with Crippen molar-refractivity contribution >= 4 is 26.7 Å². The third-order valence-electron chi connectivity index (χ3n) is 1.85. The molecule has 0 bridgehead atoms. The molecule has 2 rings (SSSR count). The highest BCUT2D eigenvalue weighted by Crippen LogP contribution is 2.24. The smallest absolute Gasteiger partial charge is 0.181 e. The summed E-state index contributed by atoms with van der Waals surface area (Å²) < 4.78 is 1.15. The monoisotopic (exact) mass is 193 g/mol. The molecule has 4 heteroatoms. The first-order valence-electron chi connectivity index (χ1n) is 4.09. The number of rotatable bonds is 2. The molecule has 2 aromatic rings. The average Bonchev–Trinajstić information content (AvgIpc) is 2.44. The standard InChI is InChI=1S/C9H11N3S/c1-11-5-6-2-3-8-7(4-6)12-9(10)13-8/h2-4,11H,5H2,1H3,(H2,10,12). The van der Waals surface area contributed by atoms with Gasteiger partial charge in [-0.3, -0.25) is 0 Å². The predicted molar refractivity (Wildman–Crippen MR) is 56.8 cm³/mol. The molecule has 0 radical (unpaired) electrons. The highest BCUT2D eigenvalue weighted by atomic mass is 32.1. The number of fused-ring (bicyclic) bond motifs is 1. The molecule has 1 aromatic carbocycles. The molecule has 0 unspecified atom stereocenters. The third-order valence-corrected chi connectivity index (χ3v) is 2.71. The maximum absolute atomic E-state index is 5.61. The second kappa shape index (κ2) is 3.32. The van der Waals surface area contributed by atoms with Crippen molar-refractivity contribution in [3.8, 4) is 0 Å². The Kier molecular flexibility index (Phi) is 2.16. The van der Waals surface area contributed by atoms with Gasteiger partial charge in [0.05, 0.1) is 10.2 Å².